The van der Waals surface area contributed by atoms with E-state index in [-0.39, 0.29) is 52.9 Å². The molecule has 0 bridgehead atoms. The molecule has 6 nitrogen and oxygen atoms in total. The molecule has 0 atom stereocenters. The maximum Gasteiger partial charge on any atom is 0.345 e. The van der Waals surface area contributed by atoms with Crippen LogP contribution in [0.15, 0.2) is 36.4 Å². The second-order valence-corrected chi connectivity index (χ2v) is 8.63. The molecule has 0 aliphatic heterocycles. The molecular weight excluding hydrogens is 426 g/mol. The first kappa shape index (κ1) is 26.6. The summed E-state index contributed by atoms with van der Waals surface area (Å²) in [5, 5.41) is 32.6. The van der Waals surface area contributed by atoms with Crippen LogP contribution in [0.25, 0.3) is 0 Å². The van der Waals surface area contributed by atoms with Gasteiger partial charge < -0.3 is 20.4 Å². The number of benzene rings is 2. The first-order chi connectivity index (χ1) is 12.6. The van der Waals surface area contributed by atoms with Crippen LogP contribution in [0.3, 0.4) is 0 Å². The van der Waals surface area contributed by atoms with E-state index in [9.17, 15) is 9.59 Å². The summed E-state index contributed by atoms with van der Waals surface area (Å²) < 4.78 is 0. The standard InChI is InChI=1S/2C11H14O3.Zn/c2*1-11(2,3)7-4-5-8(10(13)14)9(12)6-7;/h2*4-6,12H,1-3H3,(H,13,14);/p+2. The van der Waals surface area contributed by atoms with Crippen molar-refractivity contribution < 1.29 is 49.5 Å². The van der Waals surface area contributed by atoms with Crippen molar-refractivity contribution in [3.05, 3.63) is 58.7 Å². The van der Waals surface area contributed by atoms with Crippen molar-refractivity contribution in [2.24, 2.45) is 0 Å². The van der Waals surface area contributed by atoms with Gasteiger partial charge in [0.05, 0.1) is 0 Å². The molecule has 29 heavy (non-hydrogen) atoms. The maximum absolute atomic E-state index is 10.7. The van der Waals surface area contributed by atoms with Crippen molar-refractivity contribution in [3.63, 3.8) is 0 Å². The van der Waals surface area contributed by atoms with E-state index in [1.165, 1.54) is 12.1 Å². The number of hydrogen-bond acceptors (Lipinski definition) is 2. The minimum atomic E-state index is -1.05. The molecule has 0 aliphatic rings. The van der Waals surface area contributed by atoms with Crippen LogP contribution < -0.4 is 0 Å². The zero-order valence-electron chi connectivity index (χ0n) is 17.9. The Morgan fingerprint density at radius 1 is 0.690 bits per heavy atom. The molecule has 0 heterocycles. The Kier molecular flexibility index (Phi) is 9.06. The quantitative estimate of drug-likeness (QED) is 0.519. The van der Waals surface area contributed by atoms with Crippen LogP contribution >= 0.6 is 0 Å². The van der Waals surface area contributed by atoms with Crippen molar-refractivity contribution in [3.8, 4) is 11.5 Å². The Labute approximate surface area is 184 Å². The van der Waals surface area contributed by atoms with E-state index in [1.54, 1.807) is 24.3 Å². The fourth-order valence-corrected chi connectivity index (χ4v) is 2.39. The van der Waals surface area contributed by atoms with Crippen molar-refractivity contribution in [1.29, 1.82) is 0 Å². The molecule has 0 aromatic heterocycles. The zero-order chi connectivity index (χ0) is 21.9. The van der Waals surface area contributed by atoms with Gasteiger partial charge in [0.25, 0.3) is 11.5 Å². The van der Waals surface area contributed by atoms with E-state index in [1.807, 2.05) is 41.5 Å². The first-order valence-corrected chi connectivity index (χ1v) is 8.83. The van der Waals surface area contributed by atoms with Gasteiger partial charge in [0.1, 0.15) is 0 Å². The number of rotatable bonds is 2. The molecule has 0 unspecified atom stereocenters. The van der Waals surface area contributed by atoms with Gasteiger partial charge in [-0.25, -0.2) is 9.59 Å². The van der Waals surface area contributed by atoms with Crippen molar-refractivity contribution in [2.75, 3.05) is 0 Å². The number of aromatic carboxylic acids is 2. The fourth-order valence-electron chi connectivity index (χ4n) is 2.39. The van der Waals surface area contributed by atoms with Gasteiger partial charge in [-0.2, -0.15) is 0 Å². The number of carbonyl (C=O) groups is 2. The summed E-state index contributed by atoms with van der Waals surface area (Å²) in [5.74, 6) is -1.94. The maximum atomic E-state index is 10.7. The summed E-state index contributed by atoms with van der Waals surface area (Å²) in [4.78, 5) is 21.3. The summed E-state index contributed by atoms with van der Waals surface area (Å²) in [7, 11) is 0. The Bertz CT molecular complexity index is 802. The van der Waals surface area contributed by atoms with E-state index >= 15 is 0 Å². The summed E-state index contributed by atoms with van der Waals surface area (Å²) in [6, 6.07) is 9.74. The Morgan fingerprint density at radius 3 is 1.14 bits per heavy atom. The van der Waals surface area contributed by atoms with Gasteiger partial charge in [-0.15, -0.1) is 0 Å². The number of carboxylic acids is 2. The summed E-state index contributed by atoms with van der Waals surface area (Å²) >= 11 is 0. The minimum Gasteiger partial charge on any atom is -0.593 e. The van der Waals surface area contributed by atoms with E-state index < -0.39 is 11.9 Å². The van der Waals surface area contributed by atoms with Crippen molar-refractivity contribution in [1.82, 2.24) is 0 Å². The molecule has 2 aromatic rings. The molecule has 0 spiro atoms. The first-order valence-electron chi connectivity index (χ1n) is 8.83. The number of carboxylic acid groups (broad SMARTS) is 2. The van der Waals surface area contributed by atoms with Crippen LogP contribution in [0.4, 0.5) is 0 Å². The summed E-state index contributed by atoms with van der Waals surface area (Å²) in [6.45, 7) is 12.2. The van der Waals surface area contributed by atoms with Crippen LogP contribution in [-0.2, 0) is 30.3 Å². The average molecular weight is 456 g/mol. The smallest absolute Gasteiger partial charge is 0.345 e. The monoisotopic (exact) mass is 454 g/mol. The normalized spacial score (nSPS) is 11.0. The molecule has 0 radical (unpaired) electrons. The van der Waals surface area contributed by atoms with Crippen LogP contribution in [0.1, 0.15) is 73.4 Å². The Hall–Kier alpha value is -2.40. The zero-order valence-corrected chi connectivity index (χ0v) is 20.8. The number of hydrogen-bond donors (Lipinski definition) is 2. The molecular formula is C22H30O6Zn+2. The van der Waals surface area contributed by atoms with Gasteiger partial charge in [-0.05, 0) is 34.1 Å². The van der Waals surface area contributed by atoms with Gasteiger partial charge in [0.2, 0.25) is 0 Å². The minimum absolute atomic E-state index is 0. The molecule has 0 fully saturated rings. The van der Waals surface area contributed by atoms with Crippen LogP contribution in [0, 0.1) is 0 Å². The Balaban J connectivity index is 0.000000523. The van der Waals surface area contributed by atoms with Gasteiger partial charge >= 0.3 is 11.9 Å². The third-order valence-electron chi connectivity index (χ3n) is 4.23. The molecule has 7 heteroatoms. The van der Waals surface area contributed by atoms with Crippen LogP contribution in [0.2, 0.25) is 0 Å². The van der Waals surface area contributed by atoms with Crippen molar-refractivity contribution in [2.45, 2.75) is 52.4 Å². The van der Waals surface area contributed by atoms with Gasteiger partial charge in [0, 0.05) is 31.6 Å². The van der Waals surface area contributed by atoms with Gasteiger partial charge in [-0.1, -0.05) is 53.7 Å². The molecule has 0 saturated heterocycles. The second-order valence-electron chi connectivity index (χ2n) is 8.63. The fraction of sp³-hybridized carbons (Fsp3) is 0.364. The average Bonchev–Trinajstić information content (AvgIpc) is 2.52. The van der Waals surface area contributed by atoms with Crippen LogP contribution in [0.5, 0.6) is 11.5 Å². The summed E-state index contributed by atoms with van der Waals surface area (Å²) in [6.07, 6.45) is 0. The second kappa shape index (κ2) is 9.88. The van der Waals surface area contributed by atoms with Gasteiger partial charge in [-0.3, -0.25) is 0 Å². The third kappa shape index (κ3) is 7.50. The molecule has 2 aromatic carbocycles. The predicted molar refractivity (Wildman–Crippen MR) is 110 cm³/mol. The molecule has 6 N–H and O–H groups in total. The van der Waals surface area contributed by atoms with E-state index in [2.05, 4.69) is 0 Å². The topological polar surface area (TPSA) is 120 Å². The molecule has 2 rings (SSSR count). The van der Waals surface area contributed by atoms with Gasteiger partial charge in [0.15, 0.2) is 11.1 Å². The SMILES string of the molecule is CC(C)(C)c1ccc(C(=O)O)c([OH2+])c1.CC(C)(C)c1ccc(C(=O)O)c([OH2+])c1.[Zn]. The van der Waals surface area contributed by atoms with E-state index in [4.69, 9.17) is 20.4 Å². The molecule has 0 saturated carbocycles. The predicted octanol–water partition coefficient (Wildman–Crippen LogP) is 4.24. The molecule has 0 aliphatic carbocycles. The molecule has 0 amide bonds. The van der Waals surface area contributed by atoms with E-state index in [0.717, 1.165) is 11.1 Å². The largest absolute Gasteiger partial charge is 0.593 e. The summed E-state index contributed by atoms with van der Waals surface area (Å²) in [5.41, 5.74) is 1.97. The molecule has 154 valence electrons. The van der Waals surface area contributed by atoms with E-state index in [0.29, 0.717) is 0 Å². The van der Waals surface area contributed by atoms with Crippen molar-refractivity contribution >= 4 is 11.9 Å². The Morgan fingerprint density at radius 2 is 0.966 bits per heavy atom. The third-order valence-corrected chi connectivity index (χ3v) is 4.23. The van der Waals surface area contributed by atoms with Crippen LogP contribution in [-0.4, -0.2) is 32.4 Å².